The lowest BCUT2D eigenvalue weighted by Gasteiger charge is -2.41. The summed E-state index contributed by atoms with van der Waals surface area (Å²) in [7, 11) is 0. The van der Waals surface area contributed by atoms with Gasteiger partial charge in [0, 0.05) is 30.7 Å². The molecule has 2 nitrogen and oxygen atoms in total. The Labute approximate surface area is 107 Å². The minimum absolute atomic E-state index is 0.0129. The van der Waals surface area contributed by atoms with Crippen molar-refractivity contribution < 1.29 is 8.78 Å². The Morgan fingerprint density at radius 2 is 1.83 bits per heavy atom. The number of rotatable bonds is 2. The summed E-state index contributed by atoms with van der Waals surface area (Å²) in [6, 6.07) is 4.21. The molecule has 0 radical (unpaired) electrons. The van der Waals surface area contributed by atoms with Gasteiger partial charge in [-0.2, -0.15) is 0 Å². The number of nitrogens with zero attached hydrogens (tertiary/aromatic N) is 1. The summed E-state index contributed by atoms with van der Waals surface area (Å²) in [6.07, 6.45) is 1.69. The van der Waals surface area contributed by atoms with Gasteiger partial charge in [0.2, 0.25) is 0 Å². The molecule has 0 saturated carbocycles. The first-order chi connectivity index (χ1) is 8.47. The number of halogens is 2. The van der Waals surface area contributed by atoms with Crippen LogP contribution in [0.3, 0.4) is 0 Å². The second-order valence-electron chi connectivity index (χ2n) is 5.33. The van der Waals surface area contributed by atoms with Crippen LogP contribution >= 0.6 is 0 Å². The van der Waals surface area contributed by atoms with Crippen molar-refractivity contribution in [1.82, 2.24) is 4.90 Å². The standard InChI is InChI=1S/C14H20F2N2/c1-9(2)18-4-3-13(17)8-14(18)10-5-11(15)7-12(16)6-10/h5-7,9,13-14H,3-4,8,17H2,1-2H3/t13?,14-/m0/s1. The van der Waals surface area contributed by atoms with E-state index in [-0.39, 0.29) is 12.1 Å². The van der Waals surface area contributed by atoms with Crippen molar-refractivity contribution >= 4 is 0 Å². The molecule has 100 valence electrons. The van der Waals surface area contributed by atoms with E-state index in [1.807, 2.05) is 0 Å². The normalized spacial score (nSPS) is 25.7. The van der Waals surface area contributed by atoms with Crippen LogP contribution in [0.2, 0.25) is 0 Å². The highest BCUT2D eigenvalue weighted by atomic mass is 19.1. The molecule has 4 heteroatoms. The van der Waals surface area contributed by atoms with Crippen LogP contribution < -0.4 is 5.73 Å². The Balaban J connectivity index is 2.31. The fourth-order valence-electron chi connectivity index (χ4n) is 2.72. The highest BCUT2D eigenvalue weighted by Crippen LogP contribution is 2.32. The fraction of sp³-hybridized carbons (Fsp3) is 0.571. The fourth-order valence-corrected chi connectivity index (χ4v) is 2.72. The van der Waals surface area contributed by atoms with E-state index in [9.17, 15) is 8.78 Å². The average Bonchev–Trinajstić information content (AvgIpc) is 2.27. The van der Waals surface area contributed by atoms with Gasteiger partial charge >= 0.3 is 0 Å². The molecular formula is C14H20F2N2. The second kappa shape index (κ2) is 5.33. The SMILES string of the molecule is CC(C)N1CCC(N)C[C@H]1c1cc(F)cc(F)c1. The molecule has 0 aliphatic carbocycles. The molecule has 0 bridgehead atoms. The van der Waals surface area contributed by atoms with Crippen molar-refractivity contribution in [3.63, 3.8) is 0 Å². The first-order valence-corrected chi connectivity index (χ1v) is 6.44. The molecule has 2 rings (SSSR count). The zero-order valence-electron chi connectivity index (χ0n) is 10.9. The van der Waals surface area contributed by atoms with E-state index in [1.54, 1.807) is 0 Å². The van der Waals surface area contributed by atoms with E-state index >= 15 is 0 Å². The van der Waals surface area contributed by atoms with Gasteiger partial charge in [-0.1, -0.05) is 0 Å². The summed E-state index contributed by atoms with van der Waals surface area (Å²) in [6.45, 7) is 5.07. The lowest BCUT2D eigenvalue weighted by Crippen LogP contribution is -2.45. The van der Waals surface area contributed by atoms with Gasteiger partial charge in [-0.25, -0.2) is 8.78 Å². The Hall–Kier alpha value is -1.00. The summed E-state index contributed by atoms with van der Waals surface area (Å²) in [5.41, 5.74) is 6.68. The third-order valence-corrected chi connectivity index (χ3v) is 3.62. The van der Waals surface area contributed by atoms with Crippen LogP contribution in [0.15, 0.2) is 18.2 Å². The molecule has 1 aliphatic rings. The summed E-state index contributed by atoms with van der Waals surface area (Å²) in [5, 5.41) is 0. The molecule has 0 spiro atoms. The van der Waals surface area contributed by atoms with E-state index in [1.165, 1.54) is 12.1 Å². The molecule has 1 fully saturated rings. The number of likely N-dealkylation sites (tertiary alicyclic amines) is 1. The van der Waals surface area contributed by atoms with Gasteiger partial charge in [-0.3, -0.25) is 4.90 Å². The van der Waals surface area contributed by atoms with Crippen molar-refractivity contribution in [2.24, 2.45) is 5.73 Å². The number of piperidine rings is 1. The van der Waals surface area contributed by atoms with Gasteiger partial charge in [-0.05, 0) is 44.4 Å². The monoisotopic (exact) mass is 254 g/mol. The third-order valence-electron chi connectivity index (χ3n) is 3.62. The van der Waals surface area contributed by atoms with Crippen LogP contribution in [-0.4, -0.2) is 23.5 Å². The van der Waals surface area contributed by atoms with Crippen molar-refractivity contribution in [3.8, 4) is 0 Å². The maximum absolute atomic E-state index is 13.3. The predicted octanol–water partition coefficient (Wildman–Crippen LogP) is 2.84. The van der Waals surface area contributed by atoms with Crippen molar-refractivity contribution in [2.75, 3.05) is 6.54 Å². The highest BCUT2D eigenvalue weighted by molar-refractivity contribution is 5.22. The quantitative estimate of drug-likeness (QED) is 0.879. The van der Waals surface area contributed by atoms with Gasteiger partial charge in [0.25, 0.3) is 0 Å². The van der Waals surface area contributed by atoms with Crippen LogP contribution in [-0.2, 0) is 0 Å². The van der Waals surface area contributed by atoms with Crippen LogP contribution in [0, 0.1) is 11.6 Å². The van der Waals surface area contributed by atoms with Gasteiger partial charge < -0.3 is 5.73 Å². The molecule has 1 aromatic carbocycles. The van der Waals surface area contributed by atoms with E-state index in [2.05, 4.69) is 18.7 Å². The van der Waals surface area contributed by atoms with Crippen LogP contribution in [0.5, 0.6) is 0 Å². The Morgan fingerprint density at radius 3 is 2.39 bits per heavy atom. The predicted molar refractivity (Wildman–Crippen MR) is 68.2 cm³/mol. The maximum atomic E-state index is 13.3. The molecular weight excluding hydrogens is 234 g/mol. The second-order valence-corrected chi connectivity index (χ2v) is 5.33. The molecule has 1 unspecified atom stereocenters. The van der Waals surface area contributed by atoms with Crippen LogP contribution in [0.4, 0.5) is 8.78 Å². The minimum Gasteiger partial charge on any atom is -0.328 e. The van der Waals surface area contributed by atoms with Gasteiger partial charge in [-0.15, -0.1) is 0 Å². The number of hydrogen-bond acceptors (Lipinski definition) is 2. The van der Waals surface area contributed by atoms with E-state index in [0.29, 0.717) is 11.6 Å². The van der Waals surface area contributed by atoms with Crippen molar-refractivity contribution in [2.45, 2.75) is 44.8 Å². The molecule has 18 heavy (non-hydrogen) atoms. The molecule has 1 aliphatic heterocycles. The zero-order valence-corrected chi connectivity index (χ0v) is 10.9. The number of hydrogen-bond donors (Lipinski definition) is 1. The average molecular weight is 254 g/mol. The van der Waals surface area contributed by atoms with Crippen LogP contribution in [0.1, 0.15) is 38.3 Å². The molecule has 2 N–H and O–H groups in total. The van der Waals surface area contributed by atoms with Crippen LogP contribution in [0.25, 0.3) is 0 Å². The molecule has 1 saturated heterocycles. The van der Waals surface area contributed by atoms with E-state index in [0.717, 1.165) is 25.5 Å². The highest BCUT2D eigenvalue weighted by Gasteiger charge is 2.29. The van der Waals surface area contributed by atoms with Crippen molar-refractivity contribution in [3.05, 3.63) is 35.4 Å². The molecule has 1 aromatic rings. The molecule has 1 heterocycles. The summed E-state index contributed by atoms with van der Waals surface area (Å²) in [5.74, 6) is -1.04. The Kier molecular flexibility index (Phi) is 3.97. The largest absolute Gasteiger partial charge is 0.328 e. The summed E-state index contributed by atoms with van der Waals surface area (Å²) >= 11 is 0. The van der Waals surface area contributed by atoms with Crippen molar-refractivity contribution in [1.29, 1.82) is 0 Å². The topological polar surface area (TPSA) is 29.3 Å². The third kappa shape index (κ3) is 2.87. The zero-order chi connectivity index (χ0) is 13.3. The summed E-state index contributed by atoms with van der Waals surface area (Å²) < 4.78 is 26.6. The molecule has 0 aromatic heterocycles. The summed E-state index contributed by atoms with van der Waals surface area (Å²) in [4.78, 5) is 2.26. The molecule has 2 atom stereocenters. The minimum atomic E-state index is -0.521. The Bertz CT molecular complexity index is 400. The number of benzene rings is 1. The first-order valence-electron chi connectivity index (χ1n) is 6.44. The smallest absolute Gasteiger partial charge is 0.126 e. The lowest BCUT2D eigenvalue weighted by atomic mass is 9.91. The first kappa shape index (κ1) is 13.4. The van der Waals surface area contributed by atoms with Gasteiger partial charge in [0.15, 0.2) is 0 Å². The van der Waals surface area contributed by atoms with E-state index < -0.39 is 11.6 Å². The lowest BCUT2D eigenvalue weighted by molar-refractivity contribution is 0.101. The Morgan fingerprint density at radius 1 is 1.22 bits per heavy atom. The number of nitrogens with two attached hydrogens (primary N) is 1. The van der Waals surface area contributed by atoms with E-state index in [4.69, 9.17) is 5.73 Å². The van der Waals surface area contributed by atoms with Gasteiger partial charge in [0.05, 0.1) is 0 Å². The maximum Gasteiger partial charge on any atom is 0.126 e. The molecule has 0 amide bonds. The van der Waals surface area contributed by atoms with Gasteiger partial charge in [0.1, 0.15) is 11.6 Å².